The fourth-order valence-electron chi connectivity index (χ4n) is 4.72. The number of carbonyl (C=O) groups excluding carboxylic acids is 1. The van der Waals surface area contributed by atoms with Gasteiger partial charge in [-0.3, -0.25) is 9.59 Å². The first-order valence-corrected chi connectivity index (χ1v) is 7.07. The normalized spacial score (nSPS) is 42.6. The van der Waals surface area contributed by atoms with E-state index in [0.29, 0.717) is 11.8 Å². The molecule has 0 heterocycles. The van der Waals surface area contributed by atoms with Gasteiger partial charge < -0.3 is 10.4 Å². The Morgan fingerprint density at radius 2 is 1.56 bits per heavy atom. The first-order valence-electron chi connectivity index (χ1n) is 7.07. The van der Waals surface area contributed by atoms with Crippen molar-refractivity contribution in [2.45, 2.75) is 45.1 Å². The van der Waals surface area contributed by atoms with Crippen LogP contribution in [0.5, 0.6) is 0 Å². The molecule has 0 aromatic carbocycles. The highest BCUT2D eigenvalue weighted by atomic mass is 16.4. The number of aliphatic carboxylic acids is 1. The zero-order chi connectivity index (χ0) is 12.9. The summed E-state index contributed by atoms with van der Waals surface area (Å²) in [6, 6.07) is -0.769. The van der Waals surface area contributed by atoms with E-state index < -0.39 is 12.0 Å². The Morgan fingerprint density at radius 3 is 2.00 bits per heavy atom. The van der Waals surface area contributed by atoms with Crippen molar-refractivity contribution in [1.29, 1.82) is 0 Å². The SMILES string of the molecule is C[C@H](NC(=O)C1C2CC3CC(C2)CC1C3)C(=O)O. The van der Waals surface area contributed by atoms with E-state index in [1.165, 1.54) is 39.0 Å². The molecule has 0 radical (unpaired) electrons. The van der Waals surface area contributed by atoms with Gasteiger partial charge in [0.25, 0.3) is 0 Å². The molecule has 4 nitrogen and oxygen atoms in total. The second-order valence-corrected chi connectivity index (χ2v) is 6.53. The molecule has 4 fully saturated rings. The minimum Gasteiger partial charge on any atom is -0.480 e. The predicted octanol–water partition coefficient (Wildman–Crippen LogP) is 1.65. The second-order valence-electron chi connectivity index (χ2n) is 6.53. The fourth-order valence-corrected chi connectivity index (χ4v) is 4.72. The molecule has 18 heavy (non-hydrogen) atoms. The predicted molar refractivity (Wildman–Crippen MR) is 65.8 cm³/mol. The van der Waals surface area contributed by atoms with Crippen molar-refractivity contribution in [2.75, 3.05) is 0 Å². The monoisotopic (exact) mass is 251 g/mol. The largest absolute Gasteiger partial charge is 0.480 e. The summed E-state index contributed by atoms with van der Waals surface area (Å²) in [4.78, 5) is 23.1. The zero-order valence-corrected chi connectivity index (χ0v) is 10.8. The quantitative estimate of drug-likeness (QED) is 0.801. The van der Waals surface area contributed by atoms with E-state index in [0.717, 1.165) is 11.8 Å². The molecule has 4 aliphatic carbocycles. The molecular formula is C14H21NO3. The van der Waals surface area contributed by atoms with Gasteiger partial charge in [-0.1, -0.05) is 0 Å². The van der Waals surface area contributed by atoms with Crippen molar-refractivity contribution < 1.29 is 14.7 Å². The van der Waals surface area contributed by atoms with Crippen molar-refractivity contribution in [3.8, 4) is 0 Å². The van der Waals surface area contributed by atoms with Gasteiger partial charge in [-0.05, 0) is 62.7 Å². The summed E-state index contributed by atoms with van der Waals surface area (Å²) < 4.78 is 0. The topological polar surface area (TPSA) is 66.4 Å². The highest BCUT2D eigenvalue weighted by Gasteiger charge is 2.50. The summed E-state index contributed by atoms with van der Waals surface area (Å²) in [5, 5.41) is 11.5. The third kappa shape index (κ3) is 1.91. The molecule has 4 rings (SSSR count). The average molecular weight is 251 g/mol. The lowest BCUT2D eigenvalue weighted by atomic mass is 9.51. The van der Waals surface area contributed by atoms with Crippen LogP contribution in [0.3, 0.4) is 0 Å². The van der Waals surface area contributed by atoms with Gasteiger partial charge in [-0.2, -0.15) is 0 Å². The van der Waals surface area contributed by atoms with Crippen LogP contribution >= 0.6 is 0 Å². The van der Waals surface area contributed by atoms with Crippen molar-refractivity contribution in [3.63, 3.8) is 0 Å². The van der Waals surface area contributed by atoms with Gasteiger partial charge in [0, 0.05) is 5.92 Å². The van der Waals surface area contributed by atoms with Crippen LogP contribution in [0.25, 0.3) is 0 Å². The third-order valence-corrected chi connectivity index (χ3v) is 5.26. The molecule has 100 valence electrons. The fraction of sp³-hybridized carbons (Fsp3) is 0.857. The van der Waals surface area contributed by atoms with Gasteiger partial charge in [0.2, 0.25) is 5.91 Å². The Hall–Kier alpha value is -1.06. The summed E-state index contributed by atoms with van der Waals surface area (Å²) in [6.45, 7) is 1.54. The maximum Gasteiger partial charge on any atom is 0.325 e. The Kier molecular flexibility index (Phi) is 2.83. The standard InChI is InChI=1S/C14H21NO3/c1-7(14(17)18)15-13(16)12-10-3-8-2-9(5-10)6-11(12)4-8/h7-12H,2-6H2,1H3,(H,15,16)(H,17,18)/t7-,8?,9?,10?,11?,12?/m0/s1. The molecule has 0 aromatic heterocycles. The third-order valence-electron chi connectivity index (χ3n) is 5.26. The van der Waals surface area contributed by atoms with Gasteiger partial charge in [0.15, 0.2) is 0 Å². The van der Waals surface area contributed by atoms with E-state index in [9.17, 15) is 9.59 Å². The van der Waals surface area contributed by atoms with Gasteiger partial charge in [0.1, 0.15) is 6.04 Å². The lowest BCUT2D eigenvalue weighted by molar-refractivity contribution is -0.146. The molecule has 4 aliphatic rings. The zero-order valence-electron chi connectivity index (χ0n) is 10.8. The number of rotatable bonds is 3. The van der Waals surface area contributed by atoms with Crippen LogP contribution in [0.15, 0.2) is 0 Å². The molecule has 1 amide bonds. The van der Waals surface area contributed by atoms with E-state index in [1.807, 2.05) is 0 Å². The van der Waals surface area contributed by atoms with Crippen LogP contribution in [0.2, 0.25) is 0 Å². The molecular weight excluding hydrogens is 230 g/mol. The van der Waals surface area contributed by atoms with E-state index in [1.54, 1.807) is 0 Å². The summed E-state index contributed by atoms with van der Waals surface area (Å²) in [5.74, 6) is 1.83. The molecule has 1 atom stereocenters. The Balaban J connectivity index is 1.69. The van der Waals surface area contributed by atoms with Crippen LogP contribution in [0.4, 0.5) is 0 Å². The van der Waals surface area contributed by atoms with E-state index in [2.05, 4.69) is 5.32 Å². The molecule has 0 aliphatic heterocycles. The lowest BCUT2D eigenvalue weighted by Crippen LogP contribution is -2.53. The van der Waals surface area contributed by atoms with Crippen LogP contribution in [0.1, 0.15) is 39.0 Å². The summed E-state index contributed by atoms with van der Waals surface area (Å²) in [5.41, 5.74) is 0. The number of amides is 1. The maximum atomic E-state index is 12.3. The maximum absolute atomic E-state index is 12.3. The minimum atomic E-state index is -0.952. The first kappa shape index (κ1) is 12.0. The van der Waals surface area contributed by atoms with Gasteiger partial charge in [-0.15, -0.1) is 0 Å². The van der Waals surface area contributed by atoms with Gasteiger partial charge in [-0.25, -0.2) is 0 Å². The van der Waals surface area contributed by atoms with Crippen molar-refractivity contribution in [3.05, 3.63) is 0 Å². The average Bonchev–Trinajstić information content (AvgIpc) is 2.26. The van der Waals surface area contributed by atoms with E-state index >= 15 is 0 Å². The Labute approximate surface area is 107 Å². The smallest absolute Gasteiger partial charge is 0.325 e. The highest BCUT2D eigenvalue weighted by molar-refractivity contribution is 5.85. The summed E-state index contributed by atoms with van der Waals surface area (Å²) >= 11 is 0. The number of carboxylic acids is 1. The van der Waals surface area contributed by atoms with Crippen molar-refractivity contribution in [1.82, 2.24) is 5.32 Å². The Morgan fingerprint density at radius 1 is 1.06 bits per heavy atom. The van der Waals surface area contributed by atoms with Crippen molar-refractivity contribution in [2.24, 2.45) is 29.6 Å². The molecule has 0 aromatic rings. The first-order chi connectivity index (χ1) is 8.54. The molecule has 0 spiro atoms. The number of hydrogen-bond donors (Lipinski definition) is 2. The molecule has 0 unspecified atom stereocenters. The number of nitrogens with one attached hydrogen (secondary N) is 1. The molecule has 0 saturated heterocycles. The summed E-state index contributed by atoms with van der Waals surface area (Å²) in [6.07, 6.45) is 6.12. The van der Waals surface area contributed by atoms with Crippen LogP contribution in [0, 0.1) is 29.6 Å². The second kappa shape index (κ2) is 4.25. The number of carboxylic acid groups (broad SMARTS) is 1. The van der Waals surface area contributed by atoms with Gasteiger partial charge >= 0.3 is 5.97 Å². The molecule has 4 saturated carbocycles. The van der Waals surface area contributed by atoms with E-state index in [-0.39, 0.29) is 11.8 Å². The van der Waals surface area contributed by atoms with Gasteiger partial charge in [0.05, 0.1) is 0 Å². The summed E-state index contributed by atoms with van der Waals surface area (Å²) in [7, 11) is 0. The highest BCUT2D eigenvalue weighted by Crippen LogP contribution is 2.56. The molecule has 2 N–H and O–H groups in total. The van der Waals surface area contributed by atoms with Crippen LogP contribution in [-0.2, 0) is 9.59 Å². The molecule has 4 bridgehead atoms. The lowest BCUT2D eigenvalue weighted by Gasteiger charge is -2.53. The molecule has 4 heteroatoms. The number of hydrogen-bond acceptors (Lipinski definition) is 2. The number of carbonyl (C=O) groups is 2. The minimum absolute atomic E-state index is 0.0151. The van der Waals surface area contributed by atoms with E-state index in [4.69, 9.17) is 5.11 Å². The van der Waals surface area contributed by atoms with Crippen LogP contribution < -0.4 is 5.32 Å². The van der Waals surface area contributed by atoms with Crippen molar-refractivity contribution >= 4 is 11.9 Å². The van der Waals surface area contributed by atoms with Crippen LogP contribution in [-0.4, -0.2) is 23.0 Å². The Bertz CT molecular complexity index is 351.